The molecule has 0 saturated carbocycles. The summed E-state index contributed by atoms with van der Waals surface area (Å²) in [7, 11) is 0. The van der Waals surface area contributed by atoms with Gasteiger partial charge in [-0.05, 0) is 39.7 Å². The summed E-state index contributed by atoms with van der Waals surface area (Å²) in [6, 6.07) is 3.73. The maximum Gasteiger partial charge on any atom is 0.573 e. The van der Waals surface area contributed by atoms with Crippen LogP contribution in [0.1, 0.15) is 5.56 Å². The molecule has 0 fully saturated rings. The number of halogens is 4. The summed E-state index contributed by atoms with van der Waals surface area (Å²) in [5.41, 5.74) is 0.439. The van der Waals surface area contributed by atoms with Gasteiger partial charge < -0.3 is 9.84 Å². The predicted octanol–water partition coefficient (Wildman–Crippen LogP) is 3.45. The molecule has 1 N–H and O–H groups in total. The summed E-state index contributed by atoms with van der Waals surface area (Å²) in [6.45, 7) is 0. The van der Waals surface area contributed by atoms with E-state index in [9.17, 15) is 18.0 Å². The van der Waals surface area contributed by atoms with Crippen molar-refractivity contribution in [3.63, 3.8) is 0 Å². The number of ether oxygens (including phenoxy) is 1. The van der Waals surface area contributed by atoms with Crippen molar-refractivity contribution in [2.75, 3.05) is 0 Å². The molecule has 0 unspecified atom stereocenters. The molecule has 0 amide bonds. The quantitative estimate of drug-likeness (QED) is 0.870. The van der Waals surface area contributed by atoms with Gasteiger partial charge in [-0.2, -0.15) is 0 Å². The Kier molecular flexibility index (Phi) is 4.17. The van der Waals surface area contributed by atoms with Crippen molar-refractivity contribution in [2.24, 2.45) is 0 Å². The highest BCUT2D eigenvalue weighted by atomic mass is 79.9. The first kappa shape index (κ1) is 13.6. The highest BCUT2D eigenvalue weighted by molar-refractivity contribution is 9.10. The minimum Gasteiger partial charge on any atom is -0.478 e. The van der Waals surface area contributed by atoms with E-state index in [1.807, 2.05) is 0 Å². The number of hydrogen-bond donors (Lipinski definition) is 1. The molecule has 3 nitrogen and oxygen atoms in total. The van der Waals surface area contributed by atoms with Gasteiger partial charge in [0.25, 0.3) is 0 Å². The Labute approximate surface area is 103 Å². The van der Waals surface area contributed by atoms with Crippen LogP contribution in [0.25, 0.3) is 6.08 Å². The summed E-state index contributed by atoms with van der Waals surface area (Å²) in [4.78, 5) is 10.2. The van der Waals surface area contributed by atoms with Crippen molar-refractivity contribution < 1.29 is 27.8 Å². The lowest BCUT2D eigenvalue weighted by Gasteiger charge is -2.10. The van der Waals surface area contributed by atoms with Gasteiger partial charge in [-0.3, -0.25) is 0 Å². The Hall–Kier alpha value is -1.50. The van der Waals surface area contributed by atoms with Gasteiger partial charge in [-0.1, -0.05) is 6.07 Å². The molecule has 92 valence electrons. The first-order chi connectivity index (χ1) is 7.78. The summed E-state index contributed by atoms with van der Waals surface area (Å²) in [6.07, 6.45) is -2.63. The molecule has 0 saturated heterocycles. The lowest BCUT2D eigenvalue weighted by Crippen LogP contribution is -2.17. The molecule has 0 atom stereocenters. The van der Waals surface area contributed by atoms with Gasteiger partial charge in [0.05, 0.1) is 4.47 Å². The Morgan fingerprint density at radius 1 is 1.41 bits per heavy atom. The maximum atomic E-state index is 11.9. The number of hydrogen-bond acceptors (Lipinski definition) is 2. The topological polar surface area (TPSA) is 46.5 Å². The van der Waals surface area contributed by atoms with Gasteiger partial charge in [0.15, 0.2) is 0 Å². The second-order valence-electron chi connectivity index (χ2n) is 2.91. The van der Waals surface area contributed by atoms with E-state index in [4.69, 9.17) is 5.11 Å². The van der Waals surface area contributed by atoms with Gasteiger partial charge in [-0.25, -0.2) is 4.79 Å². The van der Waals surface area contributed by atoms with E-state index >= 15 is 0 Å². The molecule has 0 aliphatic heterocycles. The lowest BCUT2D eigenvalue weighted by molar-refractivity contribution is -0.274. The fourth-order valence-corrected chi connectivity index (χ4v) is 1.47. The fourth-order valence-electron chi connectivity index (χ4n) is 0.996. The van der Waals surface area contributed by atoms with Crippen LogP contribution in [-0.2, 0) is 4.79 Å². The van der Waals surface area contributed by atoms with Gasteiger partial charge >= 0.3 is 12.3 Å². The van der Waals surface area contributed by atoms with E-state index in [1.165, 1.54) is 18.2 Å². The van der Waals surface area contributed by atoms with Crippen LogP contribution in [-0.4, -0.2) is 17.4 Å². The number of carboxylic acids is 1. The lowest BCUT2D eigenvalue weighted by atomic mass is 10.2. The summed E-state index contributed by atoms with van der Waals surface area (Å²) in [5, 5.41) is 8.38. The third-order valence-corrected chi connectivity index (χ3v) is 2.22. The Morgan fingerprint density at radius 3 is 2.53 bits per heavy atom. The van der Waals surface area contributed by atoms with Crippen molar-refractivity contribution in [1.29, 1.82) is 0 Å². The Balaban J connectivity index is 2.90. The SMILES string of the molecule is O=C(O)/C=C/c1ccc(OC(F)(F)F)c(Br)c1. The molecule has 0 aliphatic carbocycles. The third-order valence-electron chi connectivity index (χ3n) is 1.60. The maximum absolute atomic E-state index is 11.9. The zero-order chi connectivity index (χ0) is 13.1. The smallest absolute Gasteiger partial charge is 0.478 e. The molecule has 0 spiro atoms. The zero-order valence-corrected chi connectivity index (χ0v) is 9.75. The van der Waals surface area contributed by atoms with E-state index in [2.05, 4.69) is 20.7 Å². The molecule has 7 heteroatoms. The summed E-state index contributed by atoms with van der Waals surface area (Å²) < 4.78 is 39.6. The highest BCUT2D eigenvalue weighted by Crippen LogP contribution is 2.31. The second kappa shape index (κ2) is 5.22. The number of carbonyl (C=O) groups is 1. The first-order valence-electron chi connectivity index (χ1n) is 4.24. The highest BCUT2D eigenvalue weighted by Gasteiger charge is 2.31. The van der Waals surface area contributed by atoms with Crippen molar-refractivity contribution in [3.05, 3.63) is 34.3 Å². The van der Waals surface area contributed by atoms with E-state index in [0.717, 1.165) is 12.1 Å². The fraction of sp³-hybridized carbons (Fsp3) is 0.100. The molecular formula is C10H6BrF3O3. The van der Waals surface area contributed by atoms with E-state index in [0.29, 0.717) is 5.56 Å². The first-order valence-corrected chi connectivity index (χ1v) is 5.03. The molecule has 0 bridgehead atoms. The van der Waals surface area contributed by atoms with Gasteiger partial charge in [-0.15, -0.1) is 13.2 Å². The standard InChI is InChI=1S/C10H6BrF3O3/c11-7-5-6(2-4-9(15)16)1-3-8(7)17-10(12,13)14/h1-5H,(H,15,16)/b4-2+. The van der Waals surface area contributed by atoms with E-state index in [-0.39, 0.29) is 10.2 Å². The molecule has 17 heavy (non-hydrogen) atoms. The summed E-state index contributed by atoms with van der Waals surface area (Å²) >= 11 is 2.90. The molecule has 0 radical (unpaired) electrons. The van der Waals surface area contributed by atoms with Crippen LogP contribution in [0.5, 0.6) is 5.75 Å². The van der Waals surface area contributed by atoms with Crippen LogP contribution in [0.2, 0.25) is 0 Å². The van der Waals surface area contributed by atoms with Crippen LogP contribution < -0.4 is 4.74 Å². The van der Waals surface area contributed by atoms with Gasteiger partial charge in [0.2, 0.25) is 0 Å². The van der Waals surface area contributed by atoms with E-state index < -0.39 is 12.3 Å². The van der Waals surface area contributed by atoms with Crippen LogP contribution in [0, 0.1) is 0 Å². The Bertz CT molecular complexity index is 455. The minimum atomic E-state index is -4.76. The van der Waals surface area contributed by atoms with Crippen LogP contribution in [0.15, 0.2) is 28.7 Å². The van der Waals surface area contributed by atoms with Crippen molar-refractivity contribution in [3.8, 4) is 5.75 Å². The molecule has 1 rings (SSSR count). The molecule has 1 aromatic carbocycles. The largest absolute Gasteiger partial charge is 0.573 e. The number of rotatable bonds is 3. The molecule has 0 aliphatic rings. The molecule has 0 aromatic heterocycles. The second-order valence-corrected chi connectivity index (χ2v) is 3.76. The minimum absolute atomic E-state index is 0.0855. The molecule has 0 heterocycles. The number of benzene rings is 1. The molecule has 1 aromatic rings. The van der Waals surface area contributed by atoms with Crippen LogP contribution >= 0.6 is 15.9 Å². The van der Waals surface area contributed by atoms with Crippen LogP contribution in [0.4, 0.5) is 13.2 Å². The van der Waals surface area contributed by atoms with Crippen molar-refractivity contribution in [1.82, 2.24) is 0 Å². The normalized spacial score (nSPS) is 11.8. The average Bonchev–Trinajstić information content (AvgIpc) is 2.17. The zero-order valence-electron chi connectivity index (χ0n) is 8.16. The van der Waals surface area contributed by atoms with E-state index in [1.54, 1.807) is 0 Å². The van der Waals surface area contributed by atoms with Crippen molar-refractivity contribution >= 4 is 28.0 Å². The number of alkyl halides is 3. The monoisotopic (exact) mass is 310 g/mol. The third kappa shape index (κ3) is 4.90. The van der Waals surface area contributed by atoms with Gasteiger partial charge in [0.1, 0.15) is 5.75 Å². The number of carboxylic acid groups (broad SMARTS) is 1. The number of aliphatic carboxylic acids is 1. The van der Waals surface area contributed by atoms with Crippen molar-refractivity contribution in [2.45, 2.75) is 6.36 Å². The van der Waals surface area contributed by atoms with Crippen LogP contribution in [0.3, 0.4) is 0 Å². The Morgan fingerprint density at radius 2 is 2.06 bits per heavy atom. The summed E-state index contributed by atoms with van der Waals surface area (Å²) in [5.74, 6) is -1.53. The average molecular weight is 311 g/mol. The predicted molar refractivity (Wildman–Crippen MR) is 57.5 cm³/mol. The molecular weight excluding hydrogens is 305 g/mol. The van der Waals surface area contributed by atoms with Gasteiger partial charge in [0, 0.05) is 6.08 Å².